The predicted molar refractivity (Wildman–Crippen MR) is 103 cm³/mol. The van der Waals surface area contributed by atoms with E-state index in [2.05, 4.69) is 16.2 Å². The third-order valence-electron chi connectivity index (χ3n) is 3.59. The molecule has 0 fully saturated rings. The molecule has 3 N–H and O–H groups in total. The van der Waals surface area contributed by atoms with Gasteiger partial charge in [-0.05, 0) is 24.6 Å². The van der Waals surface area contributed by atoms with Crippen molar-refractivity contribution in [2.75, 3.05) is 5.32 Å². The highest BCUT2D eigenvalue weighted by Gasteiger charge is 2.16. The van der Waals surface area contributed by atoms with E-state index in [1.54, 1.807) is 17.6 Å². The molecule has 126 valence electrons. The Morgan fingerprint density at radius 1 is 1.54 bits per heavy atom. The van der Waals surface area contributed by atoms with Crippen molar-refractivity contribution >= 4 is 51.2 Å². The number of rotatable bonds is 5. The number of thiophene rings is 1. The summed E-state index contributed by atoms with van der Waals surface area (Å²) in [6.07, 6.45) is 7.68. The number of furan rings is 1. The molecule has 0 aliphatic heterocycles. The predicted octanol–water partition coefficient (Wildman–Crippen LogP) is 4.39. The smallest absolute Gasteiger partial charge is 0.131 e. The lowest BCUT2D eigenvalue weighted by Gasteiger charge is -2.06. The third-order valence-corrected chi connectivity index (χ3v) is 5.12. The van der Waals surface area contributed by atoms with Gasteiger partial charge < -0.3 is 15.5 Å². The molecule has 24 heavy (non-hydrogen) atoms. The Kier molecular flexibility index (Phi) is 6.14. The Hall–Kier alpha value is -1.71. The third kappa shape index (κ3) is 3.85. The molecule has 1 atom stereocenters. The van der Waals surface area contributed by atoms with Crippen molar-refractivity contribution in [1.82, 2.24) is 4.98 Å². The van der Waals surface area contributed by atoms with Crippen LogP contribution < -0.4 is 11.1 Å². The zero-order valence-electron chi connectivity index (χ0n) is 13.0. The molecule has 0 amide bonds. The number of aromatic nitrogens is 1. The summed E-state index contributed by atoms with van der Waals surface area (Å²) in [4.78, 5) is 5.59. The maximum absolute atomic E-state index is 6.17. The first kappa shape index (κ1) is 18.6. The van der Waals surface area contributed by atoms with E-state index < -0.39 is 0 Å². The number of nitrogens with one attached hydrogen (secondary N) is 1. The van der Waals surface area contributed by atoms with Crippen LogP contribution >= 0.6 is 35.3 Å². The first-order valence-corrected chi connectivity index (χ1v) is 8.34. The first-order valence-electron chi connectivity index (χ1n) is 7.15. The van der Waals surface area contributed by atoms with Gasteiger partial charge in [0.15, 0.2) is 0 Å². The van der Waals surface area contributed by atoms with Crippen LogP contribution in [0, 0.1) is 19.3 Å². The van der Waals surface area contributed by atoms with E-state index in [4.69, 9.17) is 28.2 Å². The quantitative estimate of drug-likeness (QED) is 0.508. The van der Waals surface area contributed by atoms with Gasteiger partial charge in [0.25, 0.3) is 0 Å². The topological polar surface area (TPSA) is 64.1 Å². The number of aryl methyl sites for hydroxylation is 1. The van der Waals surface area contributed by atoms with E-state index in [9.17, 15) is 0 Å². The molecule has 0 radical (unpaired) electrons. The average Bonchev–Trinajstić information content (AvgIpc) is 3.15. The summed E-state index contributed by atoms with van der Waals surface area (Å²) in [5, 5.41) is 3.81. The summed E-state index contributed by atoms with van der Waals surface area (Å²) in [7, 11) is 0. The van der Waals surface area contributed by atoms with Crippen molar-refractivity contribution in [3.8, 4) is 12.3 Å². The second-order valence-corrected chi connectivity index (χ2v) is 6.72. The standard InChI is InChI=1S/C17H16ClN3OS.ClH/c1-3-11(19)7-14-10(2)16-17(23-14)13(8-15(18)21-16)20-9-12-5-4-6-22-12;/h1,4-6,8,11H,7,9,19H2,2H3,(H,20,21);1H/t11-;/m1./s1. The van der Waals surface area contributed by atoms with E-state index in [0.717, 1.165) is 32.1 Å². The lowest BCUT2D eigenvalue weighted by atomic mass is 10.1. The van der Waals surface area contributed by atoms with Crippen LogP contribution in [-0.2, 0) is 13.0 Å². The Labute approximate surface area is 155 Å². The van der Waals surface area contributed by atoms with Gasteiger partial charge in [0, 0.05) is 17.4 Å². The number of terminal acetylenes is 1. The van der Waals surface area contributed by atoms with Crippen LogP contribution in [0.2, 0.25) is 5.15 Å². The van der Waals surface area contributed by atoms with Gasteiger partial charge in [0.05, 0.1) is 34.8 Å². The van der Waals surface area contributed by atoms with Gasteiger partial charge in [-0.1, -0.05) is 17.5 Å². The maximum Gasteiger partial charge on any atom is 0.131 e. The van der Waals surface area contributed by atoms with Crippen molar-refractivity contribution in [2.24, 2.45) is 5.73 Å². The van der Waals surface area contributed by atoms with E-state index in [1.807, 2.05) is 25.1 Å². The molecule has 4 nitrogen and oxygen atoms in total. The molecule has 0 aliphatic rings. The van der Waals surface area contributed by atoms with Crippen molar-refractivity contribution in [1.29, 1.82) is 0 Å². The Morgan fingerprint density at radius 2 is 2.33 bits per heavy atom. The second-order valence-electron chi connectivity index (χ2n) is 5.23. The van der Waals surface area contributed by atoms with Crippen molar-refractivity contribution in [3.05, 3.63) is 45.8 Å². The van der Waals surface area contributed by atoms with Crippen molar-refractivity contribution in [2.45, 2.75) is 25.9 Å². The molecular weight excluding hydrogens is 365 g/mol. The molecule has 0 unspecified atom stereocenters. The molecule has 3 rings (SSSR count). The van der Waals surface area contributed by atoms with Crippen LogP contribution in [0.4, 0.5) is 5.69 Å². The molecule has 7 heteroatoms. The fourth-order valence-electron chi connectivity index (χ4n) is 2.37. The number of nitrogens with two attached hydrogens (primary N) is 1. The van der Waals surface area contributed by atoms with Gasteiger partial charge in [-0.25, -0.2) is 4.98 Å². The molecule has 0 bridgehead atoms. The molecule has 0 saturated carbocycles. The molecule has 0 aromatic carbocycles. The highest BCUT2D eigenvalue weighted by molar-refractivity contribution is 7.19. The van der Waals surface area contributed by atoms with Gasteiger partial charge in [-0.3, -0.25) is 0 Å². The fourth-order valence-corrected chi connectivity index (χ4v) is 3.86. The number of anilines is 1. The number of hydrogen-bond acceptors (Lipinski definition) is 5. The molecule has 0 saturated heterocycles. The number of nitrogens with zero attached hydrogens (tertiary/aromatic N) is 1. The summed E-state index contributed by atoms with van der Waals surface area (Å²) in [5.41, 5.74) is 8.79. The van der Waals surface area contributed by atoms with Gasteiger partial charge in [0.1, 0.15) is 10.9 Å². The highest BCUT2D eigenvalue weighted by atomic mass is 35.5. The molecule has 0 aliphatic carbocycles. The summed E-state index contributed by atoms with van der Waals surface area (Å²) in [5.74, 6) is 3.42. The van der Waals surface area contributed by atoms with Gasteiger partial charge in [0.2, 0.25) is 0 Å². The lowest BCUT2D eigenvalue weighted by Crippen LogP contribution is -2.19. The van der Waals surface area contributed by atoms with E-state index in [0.29, 0.717) is 18.1 Å². The lowest BCUT2D eigenvalue weighted by molar-refractivity contribution is 0.518. The SMILES string of the molecule is C#C[C@@H](N)Cc1sc2c(NCc3ccco3)cc(Cl)nc2c1C.Cl. The molecule has 0 spiro atoms. The Balaban J connectivity index is 0.00000208. The molecule has 3 aromatic heterocycles. The van der Waals surface area contributed by atoms with Crippen LogP contribution in [-0.4, -0.2) is 11.0 Å². The highest BCUT2D eigenvalue weighted by Crippen LogP contribution is 2.37. The Bertz CT molecular complexity index is 868. The number of fused-ring (bicyclic) bond motifs is 1. The fraction of sp³-hybridized carbons (Fsp3) is 0.235. The van der Waals surface area contributed by atoms with Crippen LogP contribution in [0.15, 0.2) is 28.9 Å². The minimum absolute atomic E-state index is 0. The van der Waals surface area contributed by atoms with Crippen molar-refractivity contribution in [3.63, 3.8) is 0 Å². The van der Waals surface area contributed by atoms with Gasteiger partial charge in [-0.2, -0.15) is 0 Å². The average molecular weight is 382 g/mol. The second kappa shape index (κ2) is 7.91. The number of pyridine rings is 1. The molecule has 3 aromatic rings. The first-order chi connectivity index (χ1) is 11.1. The monoisotopic (exact) mass is 381 g/mol. The molecular formula is C17H17Cl2N3OS. The van der Waals surface area contributed by atoms with Gasteiger partial charge in [-0.15, -0.1) is 30.2 Å². The van der Waals surface area contributed by atoms with Crippen LogP contribution in [0.5, 0.6) is 0 Å². The van der Waals surface area contributed by atoms with Crippen molar-refractivity contribution < 1.29 is 4.42 Å². The normalized spacial score (nSPS) is 11.8. The van der Waals surface area contributed by atoms with Gasteiger partial charge >= 0.3 is 0 Å². The minimum atomic E-state index is -0.295. The summed E-state index contributed by atoms with van der Waals surface area (Å²) in [6.45, 7) is 2.61. The summed E-state index contributed by atoms with van der Waals surface area (Å²) < 4.78 is 6.40. The number of hydrogen-bond donors (Lipinski definition) is 2. The van der Waals surface area contributed by atoms with Crippen LogP contribution in [0.25, 0.3) is 10.2 Å². The van der Waals surface area contributed by atoms with E-state index in [-0.39, 0.29) is 18.4 Å². The van der Waals surface area contributed by atoms with E-state index in [1.165, 1.54) is 0 Å². The van der Waals surface area contributed by atoms with Crippen LogP contribution in [0.1, 0.15) is 16.2 Å². The summed E-state index contributed by atoms with van der Waals surface area (Å²) >= 11 is 7.82. The Morgan fingerprint density at radius 3 is 3.00 bits per heavy atom. The maximum atomic E-state index is 6.17. The minimum Gasteiger partial charge on any atom is -0.467 e. The van der Waals surface area contributed by atoms with E-state index >= 15 is 0 Å². The largest absolute Gasteiger partial charge is 0.467 e. The zero-order valence-corrected chi connectivity index (χ0v) is 15.4. The molecule has 3 heterocycles. The van der Waals surface area contributed by atoms with Crippen LogP contribution in [0.3, 0.4) is 0 Å². The number of halogens is 2. The zero-order chi connectivity index (χ0) is 16.4. The summed E-state index contributed by atoms with van der Waals surface area (Å²) in [6, 6.07) is 5.31.